The molecular weight excluding hydrogens is 396 g/mol. The minimum Gasteiger partial charge on any atom is -0.392 e. The van der Waals surface area contributed by atoms with Gasteiger partial charge in [0.05, 0.1) is 23.9 Å². The molecule has 30 heavy (non-hydrogen) atoms. The predicted molar refractivity (Wildman–Crippen MR) is 119 cm³/mol. The van der Waals surface area contributed by atoms with E-state index in [4.69, 9.17) is 5.73 Å². The lowest BCUT2D eigenvalue weighted by molar-refractivity contribution is 0.0151. The average Bonchev–Trinajstić information content (AvgIpc) is 3.07. The number of hydrogen-bond donors (Lipinski definition) is 3. The SMILES string of the molecule is CC1(C)[C@H]2CC[C@@]1(CS(=O)(=O)N[C@@H](c1ccccc1)[C@@H](N)c1ccccc1)C(O)C2. The largest absolute Gasteiger partial charge is 0.392 e. The lowest BCUT2D eigenvalue weighted by atomic mass is 9.70. The molecule has 2 bridgehead atoms. The van der Waals surface area contributed by atoms with Gasteiger partial charge in [0.15, 0.2) is 0 Å². The normalized spacial score (nSPS) is 29.6. The minimum absolute atomic E-state index is 0.0739. The number of benzene rings is 2. The van der Waals surface area contributed by atoms with Gasteiger partial charge in [-0.25, -0.2) is 13.1 Å². The van der Waals surface area contributed by atoms with E-state index in [0.29, 0.717) is 12.3 Å². The summed E-state index contributed by atoms with van der Waals surface area (Å²) in [7, 11) is -3.70. The van der Waals surface area contributed by atoms with Crippen LogP contribution in [0.1, 0.15) is 56.3 Å². The fraction of sp³-hybridized carbons (Fsp3) is 0.500. The summed E-state index contributed by atoms with van der Waals surface area (Å²) < 4.78 is 29.8. The molecule has 5 atom stereocenters. The third-order valence-corrected chi connectivity index (χ3v) is 9.35. The fourth-order valence-electron chi connectivity index (χ4n) is 5.83. The number of aliphatic hydroxyl groups is 1. The summed E-state index contributed by atoms with van der Waals surface area (Å²) in [6.45, 7) is 4.22. The van der Waals surface area contributed by atoms with E-state index >= 15 is 0 Å². The fourth-order valence-corrected chi connectivity index (χ4v) is 7.97. The standard InChI is InChI=1S/C24H32N2O3S/c1-23(2)19-13-14-24(23,20(27)15-19)16-30(28,29)26-22(18-11-7-4-8-12-18)21(25)17-9-5-3-6-10-17/h3-12,19-22,26-27H,13-16,25H2,1-2H3/t19-,20?,21-,22-,24+/m0/s1. The van der Waals surface area contributed by atoms with Crippen molar-refractivity contribution in [2.45, 2.75) is 51.3 Å². The second-order valence-corrected chi connectivity index (χ2v) is 11.3. The van der Waals surface area contributed by atoms with Gasteiger partial charge < -0.3 is 10.8 Å². The van der Waals surface area contributed by atoms with Gasteiger partial charge in [-0.2, -0.15) is 0 Å². The molecule has 2 saturated carbocycles. The summed E-state index contributed by atoms with van der Waals surface area (Å²) in [6.07, 6.45) is 1.83. The summed E-state index contributed by atoms with van der Waals surface area (Å²) in [6, 6.07) is 17.9. The smallest absolute Gasteiger partial charge is 0.212 e. The number of nitrogens with one attached hydrogen (secondary N) is 1. The van der Waals surface area contributed by atoms with Gasteiger partial charge in [-0.3, -0.25) is 0 Å². The summed E-state index contributed by atoms with van der Waals surface area (Å²) in [5.41, 5.74) is 7.45. The van der Waals surface area contributed by atoms with E-state index in [0.717, 1.165) is 24.0 Å². The van der Waals surface area contributed by atoms with E-state index in [2.05, 4.69) is 18.6 Å². The number of sulfonamides is 1. The number of fused-ring (bicyclic) bond motifs is 2. The van der Waals surface area contributed by atoms with Gasteiger partial charge in [0.25, 0.3) is 0 Å². The summed E-state index contributed by atoms with van der Waals surface area (Å²) in [5.74, 6) is 0.300. The van der Waals surface area contributed by atoms with Gasteiger partial charge in [0.1, 0.15) is 0 Å². The highest BCUT2D eigenvalue weighted by Gasteiger charge is 2.65. The maximum absolute atomic E-state index is 13.4. The Morgan fingerprint density at radius 2 is 1.63 bits per heavy atom. The highest BCUT2D eigenvalue weighted by Crippen LogP contribution is 2.66. The Morgan fingerprint density at radius 3 is 2.13 bits per heavy atom. The highest BCUT2D eigenvalue weighted by atomic mass is 32.2. The maximum Gasteiger partial charge on any atom is 0.212 e. The van der Waals surface area contributed by atoms with Crippen molar-refractivity contribution in [1.82, 2.24) is 4.72 Å². The maximum atomic E-state index is 13.4. The van der Waals surface area contributed by atoms with E-state index in [1.54, 1.807) is 0 Å². The molecule has 0 radical (unpaired) electrons. The van der Waals surface area contributed by atoms with Gasteiger partial charge >= 0.3 is 0 Å². The Morgan fingerprint density at radius 1 is 1.07 bits per heavy atom. The van der Waals surface area contributed by atoms with Crippen LogP contribution < -0.4 is 10.5 Å². The van der Waals surface area contributed by atoms with Gasteiger partial charge in [-0.05, 0) is 41.7 Å². The minimum atomic E-state index is -3.70. The Labute approximate surface area is 179 Å². The van der Waals surface area contributed by atoms with Crippen molar-refractivity contribution >= 4 is 10.0 Å². The van der Waals surface area contributed by atoms with Crippen molar-refractivity contribution in [3.8, 4) is 0 Å². The molecule has 2 aromatic rings. The molecule has 2 aliphatic carbocycles. The molecule has 2 aromatic carbocycles. The zero-order valence-corrected chi connectivity index (χ0v) is 18.5. The van der Waals surface area contributed by atoms with E-state index in [9.17, 15) is 13.5 Å². The number of aliphatic hydroxyl groups excluding tert-OH is 1. The van der Waals surface area contributed by atoms with Crippen LogP contribution in [0.4, 0.5) is 0 Å². The van der Waals surface area contributed by atoms with Crippen molar-refractivity contribution in [3.63, 3.8) is 0 Å². The van der Waals surface area contributed by atoms with Crippen LogP contribution in [0.3, 0.4) is 0 Å². The van der Waals surface area contributed by atoms with Crippen molar-refractivity contribution < 1.29 is 13.5 Å². The number of nitrogens with two attached hydrogens (primary N) is 1. The highest BCUT2D eigenvalue weighted by molar-refractivity contribution is 7.89. The van der Waals surface area contributed by atoms with Crippen molar-refractivity contribution in [2.24, 2.45) is 22.5 Å². The van der Waals surface area contributed by atoms with Crippen LogP contribution in [0.15, 0.2) is 60.7 Å². The van der Waals surface area contributed by atoms with Crippen LogP contribution in [-0.4, -0.2) is 25.4 Å². The molecule has 162 valence electrons. The Hall–Kier alpha value is -1.73. The first kappa shape index (κ1) is 21.5. The number of hydrogen-bond acceptors (Lipinski definition) is 4. The molecule has 6 heteroatoms. The molecule has 1 unspecified atom stereocenters. The second-order valence-electron chi connectivity index (χ2n) is 9.57. The van der Waals surface area contributed by atoms with Crippen LogP contribution in [0.5, 0.6) is 0 Å². The first-order valence-electron chi connectivity index (χ1n) is 10.7. The molecular formula is C24H32N2O3S. The molecule has 2 aliphatic rings. The van der Waals surface area contributed by atoms with Gasteiger partial charge in [-0.15, -0.1) is 0 Å². The molecule has 4 rings (SSSR count). The Balaban J connectivity index is 1.64. The summed E-state index contributed by atoms with van der Waals surface area (Å²) >= 11 is 0. The van der Waals surface area contributed by atoms with Crippen molar-refractivity contribution in [2.75, 3.05) is 5.75 Å². The summed E-state index contributed by atoms with van der Waals surface area (Å²) in [4.78, 5) is 0. The molecule has 0 saturated heterocycles. The van der Waals surface area contributed by atoms with Crippen molar-refractivity contribution in [1.29, 1.82) is 0 Å². The molecule has 0 aliphatic heterocycles. The van der Waals surface area contributed by atoms with Gasteiger partial charge in [-0.1, -0.05) is 74.5 Å². The van der Waals surface area contributed by atoms with Gasteiger partial charge in [0, 0.05) is 5.41 Å². The molecule has 5 nitrogen and oxygen atoms in total. The molecule has 2 fully saturated rings. The lowest BCUT2D eigenvalue weighted by Crippen LogP contribution is -2.48. The molecule has 4 N–H and O–H groups in total. The Kier molecular flexibility index (Phi) is 5.56. The average molecular weight is 429 g/mol. The summed E-state index contributed by atoms with van der Waals surface area (Å²) in [5, 5.41) is 10.8. The Bertz CT molecular complexity index is 978. The van der Waals surface area contributed by atoms with Crippen LogP contribution >= 0.6 is 0 Å². The van der Waals surface area contributed by atoms with E-state index in [-0.39, 0.29) is 11.2 Å². The zero-order valence-electron chi connectivity index (χ0n) is 17.7. The molecule has 0 amide bonds. The third kappa shape index (κ3) is 3.60. The van der Waals surface area contributed by atoms with E-state index < -0.39 is 33.6 Å². The predicted octanol–water partition coefficient (Wildman–Crippen LogP) is 3.53. The quantitative estimate of drug-likeness (QED) is 0.629. The van der Waals surface area contributed by atoms with Crippen molar-refractivity contribution in [3.05, 3.63) is 71.8 Å². The topological polar surface area (TPSA) is 92.4 Å². The van der Waals surface area contributed by atoms with Crippen LogP contribution in [0.2, 0.25) is 0 Å². The molecule has 0 heterocycles. The zero-order chi connectivity index (χ0) is 21.6. The molecule has 0 aromatic heterocycles. The monoisotopic (exact) mass is 428 g/mol. The molecule has 0 spiro atoms. The van der Waals surface area contributed by atoms with Gasteiger partial charge in [0.2, 0.25) is 10.0 Å². The van der Waals surface area contributed by atoms with E-state index in [1.165, 1.54) is 0 Å². The van der Waals surface area contributed by atoms with Crippen LogP contribution in [-0.2, 0) is 10.0 Å². The van der Waals surface area contributed by atoms with Crippen LogP contribution in [0, 0.1) is 16.7 Å². The first-order chi connectivity index (χ1) is 14.2. The second kappa shape index (κ2) is 7.75. The third-order valence-electron chi connectivity index (χ3n) is 7.84. The van der Waals surface area contributed by atoms with Crippen LogP contribution in [0.25, 0.3) is 0 Å². The van der Waals surface area contributed by atoms with E-state index in [1.807, 2.05) is 60.7 Å². The first-order valence-corrected chi connectivity index (χ1v) is 12.3. The lowest BCUT2D eigenvalue weighted by Gasteiger charge is -2.40. The number of rotatable bonds is 7.